The van der Waals surface area contributed by atoms with Gasteiger partial charge in [-0.25, -0.2) is 9.59 Å². The van der Waals surface area contributed by atoms with Crippen LogP contribution in [0.15, 0.2) is 28.7 Å². The highest BCUT2D eigenvalue weighted by atomic mass is 16.5. The van der Waals surface area contributed by atoms with Crippen molar-refractivity contribution in [1.29, 1.82) is 0 Å². The summed E-state index contributed by atoms with van der Waals surface area (Å²) in [7, 11) is 0. The monoisotopic (exact) mass is 384 g/mol. The van der Waals surface area contributed by atoms with Crippen molar-refractivity contribution in [1.82, 2.24) is 10.2 Å². The second-order valence-electron chi connectivity index (χ2n) is 7.57. The van der Waals surface area contributed by atoms with Crippen LogP contribution in [0.5, 0.6) is 0 Å². The number of para-hydroxylation sites is 1. The second kappa shape index (κ2) is 6.96. The van der Waals surface area contributed by atoms with Crippen LogP contribution in [-0.2, 0) is 16.1 Å². The molecule has 1 N–H and O–H groups in total. The Morgan fingerprint density at radius 1 is 1.32 bits per heavy atom. The van der Waals surface area contributed by atoms with Crippen LogP contribution in [0, 0.1) is 5.92 Å². The molecular weight excluding hydrogens is 360 g/mol. The molecule has 1 saturated heterocycles. The van der Waals surface area contributed by atoms with Crippen molar-refractivity contribution in [2.75, 3.05) is 6.61 Å². The Balaban J connectivity index is 1.72. The largest absolute Gasteiger partial charge is 0.460 e. The van der Waals surface area contributed by atoms with Crippen LogP contribution < -0.4 is 5.32 Å². The van der Waals surface area contributed by atoms with Gasteiger partial charge in [-0.05, 0) is 31.7 Å². The van der Waals surface area contributed by atoms with Gasteiger partial charge in [0.2, 0.25) is 5.76 Å². The molecule has 148 valence electrons. The number of nitrogens with zero attached hydrogens (tertiary/aromatic N) is 1. The van der Waals surface area contributed by atoms with E-state index in [1.165, 1.54) is 4.90 Å². The predicted molar refractivity (Wildman–Crippen MR) is 102 cm³/mol. The SMILES string of the molecule is CCOC(=O)c1oc2ccccc2c1CN1C(=O)N[C@]2(CCCC[C@@H]2C)C1=O. The van der Waals surface area contributed by atoms with Crippen molar-refractivity contribution in [3.8, 4) is 0 Å². The van der Waals surface area contributed by atoms with Gasteiger partial charge in [0.05, 0.1) is 13.2 Å². The number of carbonyl (C=O) groups is 3. The number of esters is 1. The van der Waals surface area contributed by atoms with Gasteiger partial charge >= 0.3 is 12.0 Å². The number of rotatable bonds is 4. The number of furan rings is 1. The molecule has 1 spiro atoms. The van der Waals surface area contributed by atoms with Crippen LogP contribution in [0.1, 0.15) is 55.6 Å². The number of fused-ring (bicyclic) bond motifs is 1. The molecule has 1 aromatic heterocycles. The fourth-order valence-corrected chi connectivity index (χ4v) is 4.41. The molecule has 2 atom stereocenters. The third-order valence-corrected chi connectivity index (χ3v) is 5.98. The third-order valence-electron chi connectivity index (χ3n) is 5.98. The van der Waals surface area contributed by atoms with Crippen LogP contribution in [-0.4, -0.2) is 35.0 Å². The summed E-state index contributed by atoms with van der Waals surface area (Å²) in [6.45, 7) is 3.91. The fraction of sp³-hybridized carbons (Fsp3) is 0.476. The summed E-state index contributed by atoms with van der Waals surface area (Å²) in [4.78, 5) is 39.6. The molecule has 1 aliphatic carbocycles. The fourth-order valence-electron chi connectivity index (χ4n) is 4.41. The molecule has 7 nitrogen and oxygen atoms in total. The van der Waals surface area contributed by atoms with Gasteiger partial charge in [-0.1, -0.05) is 38.0 Å². The molecule has 2 fully saturated rings. The van der Waals surface area contributed by atoms with Gasteiger partial charge in [0.15, 0.2) is 0 Å². The smallest absolute Gasteiger partial charge is 0.374 e. The minimum absolute atomic E-state index is 0.0235. The zero-order chi connectivity index (χ0) is 19.9. The maximum Gasteiger partial charge on any atom is 0.374 e. The molecule has 2 aromatic rings. The standard InChI is InChI=1S/C21H24N2O5/c1-3-27-18(24)17-15(14-9-4-5-10-16(14)28-17)12-23-19(25)21(22-20(23)26)11-7-6-8-13(21)2/h4-5,9-10,13H,3,6-8,11-12H2,1-2H3,(H,22,26)/t13-,21-/m0/s1. The zero-order valence-corrected chi connectivity index (χ0v) is 16.1. The first kappa shape index (κ1) is 18.5. The molecule has 7 heteroatoms. The highest BCUT2D eigenvalue weighted by Gasteiger charge is 2.55. The van der Waals surface area contributed by atoms with Crippen molar-refractivity contribution in [3.63, 3.8) is 0 Å². The average Bonchev–Trinajstić information content (AvgIpc) is 3.16. The number of ether oxygens (including phenoxy) is 1. The first-order valence-electron chi connectivity index (χ1n) is 9.79. The molecule has 1 aromatic carbocycles. The van der Waals surface area contributed by atoms with Crippen LogP contribution in [0.4, 0.5) is 4.79 Å². The second-order valence-corrected chi connectivity index (χ2v) is 7.57. The Labute approximate surface area is 163 Å². The normalized spacial score (nSPS) is 24.8. The summed E-state index contributed by atoms with van der Waals surface area (Å²) in [5, 5.41) is 3.64. The molecule has 3 amide bonds. The average molecular weight is 384 g/mol. The lowest BCUT2D eigenvalue weighted by atomic mass is 9.73. The van der Waals surface area contributed by atoms with Gasteiger partial charge in [-0.15, -0.1) is 0 Å². The minimum Gasteiger partial charge on any atom is -0.460 e. The number of hydrogen-bond acceptors (Lipinski definition) is 5. The lowest BCUT2D eigenvalue weighted by Crippen LogP contribution is -2.53. The summed E-state index contributed by atoms with van der Waals surface area (Å²) in [5.41, 5.74) is 0.185. The minimum atomic E-state index is -0.834. The lowest BCUT2D eigenvalue weighted by Gasteiger charge is -2.36. The number of hydrogen-bond donors (Lipinski definition) is 1. The maximum atomic E-state index is 13.3. The molecule has 0 unspecified atom stereocenters. The van der Waals surface area contributed by atoms with E-state index in [0.29, 0.717) is 23.0 Å². The van der Waals surface area contributed by atoms with Gasteiger partial charge in [0.25, 0.3) is 5.91 Å². The van der Waals surface area contributed by atoms with Crippen molar-refractivity contribution < 1.29 is 23.5 Å². The summed E-state index contributed by atoms with van der Waals surface area (Å²) in [5.74, 6) is -0.694. The number of carbonyl (C=O) groups excluding carboxylic acids is 3. The number of nitrogens with one attached hydrogen (secondary N) is 1. The highest BCUT2D eigenvalue weighted by molar-refractivity contribution is 6.08. The molecule has 28 heavy (non-hydrogen) atoms. The summed E-state index contributed by atoms with van der Waals surface area (Å²) in [6, 6.07) is 6.77. The molecule has 0 bridgehead atoms. The van der Waals surface area contributed by atoms with E-state index >= 15 is 0 Å². The van der Waals surface area contributed by atoms with Gasteiger partial charge in [0, 0.05) is 10.9 Å². The first-order chi connectivity index (χ1) is 13.5. The van der Waals surface area contributed by atoms with Gasteiger partial charge in [0.1, 0.15) is 11.1 Å². The Bertz CT molecular complexity index is 949. The van der Waals surface area contributed by atoms with E-state index < -0.39 is 17.5 Å². The van der Waals surface area contributed by atoms with Crippen LogP contribution >= 0.6 is 0 Å². The topological polar surface area (TPSA) is 88.8 Å². The summed E-state index contributed by atoms with van der Waals surface area (Å²) >= 11 is 0. The number of amides is 3. The molecule has 2 heterocycles. The molecule has 2 aliphatic rings. The van der Waals surface area contributed by atoms with Gasteiger partial charge in [-0.3, -0.25) is 9.69 Å². The van der Waals surface area contributed by atoms with E-state index in [9.17, 15) is 14.4 Å². The van der Waals surface area contributed by atoms with Crippen LogP contribution in [0.25, 0.3) is 11.0 Å². The van der Waals surface area contributed by atoms with E-state index in [0.717, 1.165) is 19.3 Å². The van der Waals surface area contributed by atoms with Gasteiger partial charge in [-0.2, -0.15) is 0 Å². The molecular formula is C21H24N2O5. The van der Waals surface area contributed by atoms with Crippen molar-refractivity contribution in [2.45, 2.75) is 51.6 Å². The van der Waals surface area contributed by atoms with Crippen LogP contribution in [0.2, 0.25) is 0 Å². The molecule has 1 aliphatic heterocycles. The molecule has 0 radical (unpaired) electrons. The summed E-state index contributed by atoms with van der Waals surface area (Å²) in [6.07, 6.45) is 3.52. The quantitative estimate of drug-likeness (QED) is 0.643. The van der Waals surface area contributed by atoms with E-state index in [4.69, 9.17) is 9.15 Å². The van der Waals surface area contributed by atoms with Crippen molar-refractivity contribution >= 4 is 28.9 Å². The molecule has 4 rings (SSSR count). The Morgan fingerprint density at radius 2 is 2.11 bits per heavy atom. The van der Waals surface area contributed by atoms with Crippen molar-refractivity contribution in [2.24, 2.45) is 5.92 Å². The Morgan fingerprint density at radius 3 is 2.86 bits per heavy atom. The highest BCUT2D eigenvalue weighted by Crippen LogP contribution is 2.39. The predicted octanol–water partition coefficient (Wildman–Crippen LogP) is 3.61. The number of urea groups is 1. The lowest BCUT2D eigenvalue weighted by molar-refractivity contribution is -0.134. The third kappa shape index (κ3) is 2.77. The first-order valence-corrected chi connectivity index (χ1v) is 9.79. The van der Waals surface area contributed by atoms with E-state index in [1.807, 2.05) is 19.1 Å². The van der Waals surface area contributed by atoms with Gasteiger partial charge < -0.3 is 14.5 Å². The van der Waals surface area contributed by atoms with E-state index in [-0.39, 0.29) is 30.7 Å². The Hall–Kier alpha value is -2.83. The zero-order valence-electron chi connectivity index (χ0n) is 16.1. The van der Waals surface area contributed by atoms with Crippen LogP contribution in [0.3, 0.4) is 0 Å². The van der Waals surface area contributed by atoms with E-state index in [2.05, 4.69) is 5.32 Å². The number of imide groups is 1. The summed E-state index contributed by atoms with van der Waals surface area (Å²) < 4.78 is 10.8. The van der Waals surface area contributed by atoms with Crippen molar-refractivity contribution in [3.05, 3.63) is 35.6 Å². The Kier molecular flexibility index (Phi) is 4.61. The maximum absolute atomic E-state index is 13.3. The molecule has 1 saturated carbocycles. The number of benzene rings is 1. The van der Waals surface area contributed by atoms with E-state index in [1.54, 1.807) is 19.1 Å².